The number of aryl methyl sites for hydroxylation is 1. The number of rotatable bonds is 4. The third kappa shape index (κ3) is 4.07. The van der Waals surface area contributed by atoms with E-state index in [9.17, 15) is 27.2 Å². The number of carbonyl (C=O) groups excluding carboxylic acids is 1. The molecule has 0 saturated carbocycles. The number of hydrogen-bond donors (Lipinski definition) is 2. The number of nitrogens with one attached hydrogen (secondary N) is 1. The molecule has 2 aromatic carbocycles. The first-order valence-corrected chi connectivity index (χ1v) is 9.63. The molecule has 4 rings (SSSR count). The molecule has 2 aromatic heterocycles. The van der Waals surface area contributed by atoms with Crippen molar-refractivity contribution in [2.75, 3.05) is 0 Å². The number of nitrogens with zero attached hydrogens (tertiary/aromatic N) is 1. The Hall–Kier alpha value is -4.28. The van der Waals surface area contributed by atoms with Crippen LogP contribution in [0.25, 0.3) is 22.2 Å². The lowest BCUT2D eigenvalue weighted by atomic mass is 10.0. The number of pyridine rings is 2. The lowest BCUT2D eigenvalue weighted by Crippen LogP contribution is -2.18. The SMILES string of the molecule is Cc1cc(F)ccc1Oc1ccc(C(F)(F)F)c(F)c1-c1cc(=O)c2c(C(N)=O)nccc2[nH]1. The fraction of sp³-hybridized carbons (Fsp3) is 0.0870. The molecule has 174 valence electrons. The Bertz CT molecular complexity index is 1510. The molecule has 3 N–H and O–H groups in total. The van der Waals surface area contributed by atoms with E-state index in [-0.39, 0.29) is 33.8 Å². The number of fused-ring (bicyclic) bond motifs is 1. The summed E-state index contributed by atoms with van der Waals surface area (Å²) in [5.41, 5.74) is 1.73. The molecule has 2 heterocycles. The van der Waals surface area contributed by atoms with Gasteiger partial charge in [0, 0.05) is 12.3 Å². The van der Waals surface area contributed by atoms with E-state index >= 15 is 4.39 Å². The van der Waals surface area contributed by atoms with Crippen LogP contribution in [0.15, 0.2) is 53.5 Å². The van der Waals surface area contributed by atoms with Crippen LogP contribution in [0.2, 0.25) is 0 Å². The van der Waals surface area contributed by atoms with Crippen LogP contribution in [-0.2, 0) is 6.18 Å². The molecular weight excluding hydrogens is 461 g/mol. The second-order valence-corrected chi connectivity index (χ2v) is 7.30. The van der Waals surface area contributed by atoms with Crippen molar-refractivity contribution in [3.8, 4) is 22.8 Å². The molecule has 0 aliphatic rings. The fourth-order valence-corrected chi connectivity index (χ4v) is 3.48. The average molecular weight is 475 g/mol. The first-order chi connectivity index (χ1) is 16.0. The number of aromatic amines is 1. The molecule has 0 atom stereocenters. The molecule has 34 heavy (non-hydrogen) atoms. The van der Waals surface area contributed by atoms with Crippen molar-refractivity contribution in [3.05, 3.63) is 87.3 Å². The highest BCUT2D eigenvalue weighted by atomic mass is 19.4. The number of primary amides is 1. The molecule has 11 heteroatoms. The van der Waals surface area contributed by atoms with Crippen LogP contribution in [-0.4, -0.2) is 15.9 Å². The van der Waals surface area contributed by atoms with Gasteiger partial charge in [-0.15, -0.1) is 0 Å². The van der Waals surface area contributed by atoms with Gasteiger partial charge < -0.3 is 15.5 Å². The summed E-state index contributed by atoms with van der Waals surface area (Å²) < 4.78 is 74.6. The van der Waals surface area contributed by atoms with E-state index < -0.39 is 40.3 Å². The van der Waals surface area contributed by atoms with Crippen LogP contribution >= 0.6 is 0 Å². The number of aromatic nitrogens is 2. The fourth-order valence-electron chi connectivity index (χ4n) is 3.48. The standard InChI is InChI=1S/C23H14F5N3O3/c1-10-8-11(24)2-4-16(10)34-17-5-3-12(23(26,27)28)20(25)19(17)14-9-15(32)18-13(31-14)6-7-30-21(18)22(29)33/h2-9H,1H3,(H2,29,33)(H,31,32). The molecule has 0 radical (unpaired) electrons. The van der Waals surface area contributed by atoms with Crippen molar-refractivity contribution in [2.24, 2.45) is 5.73 Å². The minimum Gasteiger partial charge on any atom is -0.456 e. The molecule has 0 aliphatic carbocycles. The van der Waals surface area contributed by atoms with E-state index in [1.165, 1.54) is 19.1 Å². The van der Waals surface area contributed by atoms with Crippen LogP contribution in [0.1, 0.15) is 21.6 Å². The molecule has 1 amide bonds. The lowest BCUT2D eigenvalue weighted by molar-refractivity contribution is -0.139. The number of alkyl halides is 3. The Balaban J connectivity index is 1.99. The Labute approximate surface area is 187 Å². The van der Waals surface area contributed by atoms with E-state index in [2.05, 4.69) is 9.97 Å². The minimum absolute atomic E-state index is 0.00738. The van der Waals surface area contributed by atoms with Crippen molar-refractivity contribution in [1.29, 1.82) is 0 Å². The van der Waals surface area contributed by atoms with Crippen LogP contribution in [0.5, 0.6) is 11.5 Å². The van der Waals surface area contributed by atoms with E-state index in [4.69, 9.17) is 10.5 Å². The van der Waals surface area contributed by atoms with Gasteiger partial charge >= 0.3 is 6.18 Å². The van der Waals surface area contributed by atoms with E-state index in [1.54, 1.807) is 0 Å². The zero-order chi connectivity index (χ0) is 24.8. The number of ether oxygens (including phenoxy) is 1. The average Bonchev–Trinajstić information content (AvgIpc) is 2.74. The van der Waals surface area contributed by atoms with E-state index in [0.29, 0.717) is 11.6 Å². The highest BCUT2D eigenvalue weighted by Crippen LogP contribution is 2.41. The summed E-state index contributed by atoms with van der Waals surface area (Å²) >= 11 is 0. The maximum atomic E-state index is 15.3. The van der Waals surface area contributed by atoms with Crippen LogP contribution in [0.4, 0.5) is 22.0 Å². The highest BCUT2D eigenvalue weighted by Gasteiger charge is 2.36. The molecule has 0 aliphatic heterocycles. The quantitative estimate of drug-likeness (QED) is 0.402. The first-order valence-electron chi connectivity index (χ1n) is 9.63. The minimum atomic E-state index is -5.04. The second-order valence-electron chi connectivity index (χ2n) is 7.30. The predicted octanol–water partition coefficient (Wildman–Crippen LogP) is 5.09. The third-order valence-electron chi connectivity index (χ3n) is 5.01. The van der Waals surface area contributed by atoms with Gasteiger partial charge in [0.15, 0.2) is 5.43 Å². The highest BCUT2D eigenvalue weighted by molar-refractivity contribution is 6.03. The van der Waals surface area contributed by atoms with Gasteiger partial charge in [0.1, 0.15) is 28.8 Å². The normalized spacial score (nSPS) is 11.6. The van der Waals surface area contributed by atoms with Gasteiger partial charge in [0.25, 0.3) is 5.91 Å². The van der Waals surface area contributed by atoms with E-state index in [1.807, 2.05) is 0 Å². The number of nitrogens with two attached hydrogens (primary N) is 1. The molecule has 0 saturated heterocycles. The van der Waals surface area contributed by atoms with Gasteiger partial charge in [-0.25, -0.2) is 8.78 Å². The van der Waals surface area contributed by atoms with Crippen molar-refractivity contribution in [1.82, 2.24) is 9.97 Å². The van der Waals surface area contributed by atoms with Gasteiger partial charge in [-0.3, -0.25) is 14.6 Å². The van der Waals surface area contributed by atoms with Crippen LogP contribution in [0.3, 0.4) is 0 Å². The van der Waals surface area contributed by atoms with Crippen molar-refractivity contribution in [3.63, 3.8) is 0 Å². The number of hydrogen-bond acceptors (Lipinski definition) is 4. The van der Waals surface area contributed by atoms with Crippen LogP contribution in [0, 0.1) is 18.6 Å². The summed E-state index contributed by atoms with van der Waals surface area (Å²) in [4.78, 5) is 30.8. The monoisotopic (exact) mass is 475 g/mol. The van der Waals surface area contributed by atoms with Crippen LogP contribution < -0.4 is 15.9 Å². The predicted molar refractivity (Wildman–Crippen MR) is 112 cm³/mol. The summed E-state index contributed by atoms with van der Waals surface area (Å²) in [5.74, 6) is -3.56. The molecule has 0 spiro atoms. The smallest absolute Gasteiger partial charge is 0.419 e. The maximum Gasteiger partial charge on any atom is 0.419 e. The van der Waals surface area contributed by atoms with Gasteiger partial charge in [0.2, 0.25) is 0 Å². The largest absolute Gasteiger partial charge is 0.456 e. The molecule has 0 unspecified atom stereocenters. The number of halogens is 5. The number of amides is 1. The Morgan fingerprint density at radius 2 is 1.76 bits per heavy atom. The van der Waals surface area contributed by atoms with E-state index in [0.717, 1.165) is 30.5 Å². The van der Waals surface area contributed by atoms with Gasteiger partial charge in [0.05, 0.1) is 27.7 Å². The number of benzene rings is 2. The summed E-state index contributed by atoms with van der Waals surface area (Å²) in [5, 5.41) is -0.206. The number of H-pyrrole nitrogens is 1. The Morgan fingerprint density at radius 1 is 1.06 bits per heavy atom. The molecule has 6 nitrogen and oxygen atoms in total. The molecular formula is C23H14F5N3O3. The molecule has 0 fully saturated rings. The molecule has 0 bridgehead atoms. The number of carbonyl (C=O) groups is 1. The van der Waals surface area contributed by atoms with Gasteiger partial charge in [-0.2, -0.15) is 13.2 Å². The van der Waals surface area contributed by atoms with Crippen molar-refractivity contribution < 1.29 is 31.5 Å². The zero-order valence-electron chi connectivity index (χ0n) is 17.3. The topological polar surface area (TPSA) is 98.1 Å². The Morgan fingerprint density at radius 3 is 2.41 bits per heavy atom. The summed E-state index contributed by atoms with van der Waals surface area (Å²) in [6.45, 7) is 1.49. The van der Waals surface area contributed by atoms with Gasteiger partial charge in [-0.05, 0) is 48.9 Å². The summed E-state index contributed by atoms with van der Waals surface area (Å²) in [6, 6.07) is 6.93. The van der Waals surface area contributed by atoms with Gasteiger partial charge in [-0.1, -0.05) is 0 Å². The summed E-state index contributed by atoms with van der Waals surface area (Å²) in [7, 11) is 0. The third-order valence-corrected chi connectivity index (χ3v) is 5.01. The lowest BCUT2D eigenvalue weighted by Gasteiger charge is -2.17. The maximum absolute atomic E-state index is 15.3. The zero-order valence-corrected chi connectivity index (χ0v) is 17.3. The summed E-state index contributed by atoms with van der Waals surface area (Å²) in [6.07, 6.45) is -3.88. The van der Waals surface area contributed by atoms with Crippen molar-refractivity contribution in [2.45, 2.75) is 13.1 Å². The first kappa shape index (κ1) is 22.9. The Kier molecular flexibility index (Phi) is 5.56. The second kappa shape index (κ2) is 8.25. The molecule has 4 aromatic rings. The van der Waals surface area contributed by atoms with Crippen molar-refractivity contribution >= 4 is 16.8 Å².